The van der Waals surface area contributed by atoms with Gasteiger partial charge in [0.05, 0.1) is 6.61 Å². The van der Waals surface area contributed by atoms with Crippen LogP contribution in [-0.2, 0) is 19.4 Å². The molecule has 162 valence electrons. The van der Waals surface area contributed by atoms with E-state index in [9.17, 15) is 5.11 Å². The Labute approximate surface area is 190 Å². The van der Waals surface area contributed by atoms with Crippen molar-refractivity contribution in [2.75, 3.05) is 18.5 Å². The van der Waals surface area contributed by atoms with Crippen LogP contribution in [0.5, 0.6) is 0 Å². The lowest BCUT2D eigenvalue weighted by molar-refractivity contribution is 0.282. The van der Waals surface area contributed by atoms with Gasteiger partial charge in [0.2, 0.25) is 0 Å². The summed E-state index contributed by atoms with van der Waals surface area (Å²) in [4.78, 5) is 2.17. The van der Waals surface area contributed by atoms with E-state index in [1.165, 1.54) is 64.0 Å². The number of likely N-dealkylation sites (N-methyl/N-ethyl adjacent to an activating group) is 1. The zero-order valence-corrected chi connectivity index (χ0v) is 19.1. The molecule has 1 N–H and O–H groups in total. The normalized spacial score (nSPS) is 14.7. The Bertz CT molecular complexity index is 1320. The van der Waals surface area contributed by atoms with Crippen molar-refractivity contribution < 1.29 is 5.11 Å². The third kappa shape index (κ3) is 3.80. The standard InChI is InChI=1S/C18H16.C12H15NO/c1-3-7-15-13(5-1)9-11-18-16-8-4-2-6-14(16)10-12-17(15)18;1-9-6-10-4-3-5-13(2)12(10)11(7-9)8-14/h1,3,5,7,9-12H,2,4,6,8H2;3-4,6-7,14H,5,8H2,1-2H3. The van der Waals surface area contributed by atoms with Crippen molar-refractivity contribution in [1.82, 2.24) is 0 Å². The first-order valence-corrected chi connectivity index (χ1v) is 11.7. The molecular formula is C30H31NO. The molecule has 4 aromatic rings. The molecule has 32 heavy (non-hydrogen) atoms. The molecule has 0 spiro atoms. The molecule has 0 fully saturated rings. The summed E-state index contributed by atoms with van der Waals surface area (Å²) >= 11 is 0. The number of aryl methyl sites for hydroxylation is 3. The van der Waals surface area contributed by atoms with Gasteiger partial charge in [-0.15, -0.1) is 0 Å². The smallest absolute Gasteiger partial charge is 0.0702 e. The molecule has 1 aliphatic carbocycles. The van der Waals surface area contributed by atoms with Crippen LogP contribution in [0.25, 0.3) is 27.6 Å². The molecule has 0 atom stereocenters. The van der Waals surface area contributed by atoms with Crippen LogP contribution in [0.15, 0.2) is 66.7 Å². The van der Waals surface area contributed by atoms with Crippen LogP contribution in [0.1, 0.15) is 40.7 Å². The van der Waals surface area contributed by atoms with Gasteiger partial charge in [-0.3, -0.25) is 0 Å². The highest BCUT2D eigenvalue weighted by Crippen LogP contribution is 2.33. The van der Waals surface area contributed by atoms with Crippen molar-refractivity contribution >= 4 is 33.3 Å². The molecule has 0 amide bonds. The first-order valence-electron chi connectivity index (χ1n) is 11.7. The maximum absolute atomic E-state index is 9.29. The van der Waals surface area contributed by atoms with Crippen LogP contribution in [0.4, 0.5) is 5.69 Å². The molecule has 0 saturated carbocycles. The maximum Gasteiger partial charge on any atom is 0.0702 e. The van der Waals surface area contributed by atoms with Crippen molar-refractivity contribution in [2.24, 2.45) is 0 Å². The van der Waals surface area contributed by atoms with Gasteiger partial charge in [0.1, 0.15) is 0 Å². The summed E-state index contributed by atoms with van der Waals surface area (Å²) in [7, 11) is 2.05. The Kier molecular flexibility index (Phi) is 5.71. The molecular weight excluding hydrogens is 390 g/mol. The van der Waals surface area contributed by atoms with Crippen molar-refractivity contribution in [3.8, 4) is 0 Å². The van der Waals surface area contributed by atoms with Gasteiger partial charge in [0.15, 0.2) is 0 Å². The summed E-state index contributed by atoms with van der Waals surface area (Å²) in [5.41, 5.74) is 7.77. The van der Waals surface area contributed by atoms with Gasteiger partial charge < -0.3 is 10.0 Å². The average Bonchev–Trinajstić information content (AvgIpc) is 2.83. The number of nitrogens with zero attached hydrogens (tertiary/aromatic N) is 1. The number of aliphatic hydroxyl groups is 1. The third-order valence-electron chi connectivity index (χ3n) is 6.85. The van der Waals surface area contributed by atoms with E-state index in [2.05, 4.69) is 91.7 Å². The topological polar surface area (TPSA) is 23.5 Å². The molecule has 0 unspecified atom stereocenters. The lowest BCUT2D eigenvalue weighted by atomic mass is 9.86. The van der Waals surface area contributed by atoms with Crippen LogP contribution in [0.2, 0.25) is 0 Å². The fraction of sp³-hybridized carbons (Fsp3) is 0.267. The second kappa shape index (κ2) is 8.80. The molecule has 2 aliphatic rings. The van der Waals surface area contributed by atoms with Gasteiger partial charge in [-0.1, -0.05) is 72.3 Å². The molecule has 2 heteroatoms. The van der Waals surface area contributed by atoms with Crippen LogP contribution < -0.4 is 4.90 Å². The summed E-state index contributed by atoms with van der Waals surface area (Å²) in [6.07, 6.45) is 9.48. The summed E-state index contributed by atoms with van der Waals surface area (Å²) in [5.74, 6) is 0. The van der Waals surface area contributed by atoms with E-state index in [4.69, 9.17) is 0 Å². The summed E-state index contributed by atoms with van der Waals surface area (Å²) in [6, 6.07) is 22.2. The van der Waals surface area contributed by atoms with Crippen LogP contribution in [-0.4, -0.2) is 18.7 Å². The highest BCUT2D eigenvalue weighted by atomic mass is 16.3. The first-order chi connectivity index (χ1) is 15.7. The molecule has 4 aromatic carbocycles. The van der Waals surface area contributed by atoms with E-state index < -0.39 is 0 Å². The Morgan fingerprint density at radius 3 is 2.56 bits per heavy atom. The highest BCUT2D eigenvalue weighted by molar-refractivity contribution is 6.08. The number of rotatable bonds is 1. The third-order valence-corrected chi connectivity index (χ3v) is 6.85. The summed E-state index contributed by atoms with van der Waals surface area (Å²) in [6.45, 7) is 3.09. The van der Waals surface area contributed by atoms with E-state index in [-0.39, 0.29) is 6.61 Å². The van der Waals surface area contributed by atoms with Gasteiger partial charge in [0, 0.05) is 24.8 Å². The van der Waals surface area contributed by atoms with E-state index in [1.807, 2.05) is 0 Å². The van der Waals surface area contributed by atoms with Gasteiger partial charge in [-0.05, 0) is 76.9 Å². The fourth-order valence-electron chi connectivity index (χ4n) is 5.37. The molecule has 0 radical (unpaired) electrons. The number of benzene rings is 4. The predicted octanol–water partition coefficient (Wildman–Crippen LogP) is 6.82. The minimum atomic E-state index is 0.113. The number of hydrogen-bond donors (Lipinski definition) is 1. The van der Waals surface area contributed by atoms with Crippen molar-refractivity contribution in [1.29, 1.82) is 0 Å². The Hall–Kier alpha value is -3.10. The van der Waals surface area contributed by atoms with Crippen molar-refractivity contribution in [2.45, 2.75) is 39.2 Å². The lowest BCUT2D eigenvalue weighted by Gasteiger charge is -2.26. The zero-order chi connectivity index (χ0) is 22.1. The zero-order valence-electron chi connectivity index (χ0n) is 19.1. The second-order valence-electron chi connectivity index (χ2n) is 9.10. The summed E-state index contributed by atoms with van der Waals surface area (Å²) in [5, 5.41) is 14.9. The number of aliphatic hydroxyl groups excluding tert-OH is 1. The van der Waals surface area contributed by atoms with Crippen LogP contribution in [0, 0.1) is 6.92 Å². The number of hydrogen-bond acceptors (Lipinski definition) is 2. The Morgan fingerprint density at radius 2 is 1.69 bits per heavy atom. The molecule has 0 bridgehead atoms. The maximum atomic E-state index is 9.29. The molecule has 6 rings (SSSR count). The minimum Gasteiger partial charge on any atom is -0.392 e. The lowest BCUT2D eigenvalue weighted by Crippen LogP contribution is -2.22. The van der Waals surface area contributed by atoms with Crippen molar-refractivity contribution in [3.63, 3.8) is 0 Å². The molecule has 0 saturated heterocycles. The molecule has 1 heterocycles. The van der Waals surface area contributed by atoms with Crippen LogP contribution >= 0.6 is 0 Å². The van der Waals surface area contributed by atoms with Gasteiger partial charge in [-0.25, -0.2) is 0 Å². The van der Waals surface area contributed by atoms with Crippen LogP contribution in [0.3, 0.4) is 0 Å². The number of anilines is 1. The highest BCUT2D eigenvalue weighted by Gasteiger charge is 2.14. The largest absolute Gasteiger partial charge is 0.392 e. The van der Waals surface area contributed by atoms with E-state index >= 15 is 0 Å². The SMILES string of the molecule is Cc1cc2c(c(CO)c1)N(C)CC=C2.c1ccc2c(c1)ccc1c3c(ccc12)CCCC3. The molecule has 0 aromatic heterocycles. The average molecular weight is 422 g/mol. The van der Waals surface area contributed by atoms with Gasteiger partial charge in [0.25, 0.3) is 0 Å². The Balaban J connectivity index is 0.000000140. The molecule has 2 nitrogen and oxygen atoms in total. The van der Waals surface area contributed by atoms with E-state index in [0.29, 0.717) is 0 Å². The van der Waals surface area contributed by atoms with Gasteiger partial charge >= 0.3 is 0 Å². The number of fused-ring (bicyclic) bond motifs is 6. The second-order valence-corrected chi connectivity index (χ2v) is 9.10. The first kappa shape index (κ1) is 20.8. The monoisotopic (exact) mass is 421 g/mol. The van der Waals surface area contributed by atoms with Crippen molar-refractivity contribution in [3.05, 3.63) is 94.6 Å². The fourth-order valence-corrected chi connectivity index (χ4v) is 5.37. The predicted molar refractivity (Wildman–Crippen MR) is 138 cm³/mol. The van der Waals surface area contributed by atoms with E-state index in [0.717, 1.165) is 12.1 Å². The molecule has 1 aliphatic heterocycles. The Morgan fingerprint density at radius 1 is 0.875 bits per heavy atom. The van der Waals surface area contributed by atoms with Gasteiger partial charge in [-0.2, -0.15) is 0 Å². The van der Waals surface area contributed by atoms with E-state index in [1.54, 1.807) is 11.1 Å². The summed E-state index contributed by atoms with van der Waals surface area (Å²) < 4.78 is 0. The minimum absolute atomic E-state index is 0.113. The quantitative estimate of drug-likeness (QED) is 0.341.